The van der Waals surface area contributed by atoms with E-state index >= 15 is 0 Å². The van der Waals surface area contributed by atoms with Gasteiger partial charge in [0.25, 0.3) is 0 Å². The molecule has 3 atom stereocenters. The van der Waals surface area contributed by atoms with Crippen LogP contribution < -0.4 is 17.2 Å². The van der Waals surface area contributed by atoms with Crippen molar-refractivity contribution in [2.24, 2.45) is 17.2 Å². The number of hydrogen-bond acceptors (Lipinski definition) is 6. The summed E-state index contributed by atoms with van der Waals surface area (Å²) in [6.45, 7) is 6.03. The molecule has 0 saturated heterocycles. The zero-order valence-corrected chi connectivity index (χ0v) is 21.1. The molecule has 0 saturated carbocycles. The molecule has 9 nitrogen and oxygen atoms in total. The van der Waals surface area contributed by atoms with Gasteiger partial charge in [-0.2, -0.15) is 0 Å². The van der Waals surface area contributed by atoms with Gasteiger partial charge in [-0.3, -0.25) is 14.4 Å². The molecule has 0 heterocycles. The van der Waals surface area contributed by atoms with Gasteiger partial charge in [-0.25, -0.2) is 0 Å². The molecule has 0 aliphatic carbocycles. The van der Waals surface area contributed by atoms with E-state index in [1.807, 2.05) is 20.8 Å². The van der Waals surface area contributed by atoms with E-state index in [1.165, 1.54) is 0 Å². The summed E-state index contributed by atoms with van der Waals surface area (Å²) in [5.74, 6) is -2.70. The number of aliphatic carboxylic acids is 3. The van der Waals surface area contributed by atoms with Crippen LogP contribution in [-0.4, -0.2) is 51.4 Å². The quantitative estimate of drug-likeness (QED) is 0.217. The van der Waals surface area contributed by atoms with Gasteiger partial charge in [-0.15, -0.1) is 0 Å². The van der Waals surface area contributed by atoms with Crippen LogP contribution in [0.15, 0.2) is 0 Å². The average molecular weight is 532 g/mol. The van der Waals surface area contributed by atoms with E-state index < -0.39 is 36.0 Å². The number of hydrogen-bond donors (Lipinski definition) is 6. The van der Waals surface area contributed by atoms with Crippen molar-refractivity contribution in [2.75, 3.05) is 0 Å². The molecule has 28 heavy (non-hydrogen) atoms. The van der Waals surface area contributed by atoms with Gasteiger partial charge < -0.3 is 32.5 Å². The summed E-state index contributed by atoms with van der Waals surface area (Å²) in [6.07, 6.45) is 7.46. The fourth-order valence-corrected chi connectivity index (χ4v) is 1.64. The predicted molar refractivity (Wildman–Crippen MR) is 105 cm³/mol. The number of unbranched alkanes of at least 4 members (excludes halogenated alkanes) is 3. The van der Waals surface area contributed by atoms with Gasteiger partial charge in [0.15, 0.2) is 0 Å². The average Bonchev–Trinajstić information content (AvgIpc) is 2.62. The van der Waals surface area contributed by atoms with Crippen LogP contribution in [0.5, 0.6) is 0 Å². The molecule has 0 aliphatic heterocycles. The molecule has 0 rings (SSSR count). The summed E-state index contributed by atoms with van der Waals surface area (Å²) in [5.41, 5.74) is 15.6. The van der Waals surface area contributed by atoms with Gasteiger partial charge >= 0.3 is 17.9 Å². The monoisotopic (exact) mass is 532 g/mol. The number of rotatable bonds is 12. The number of nitrogens with two attached hydrogens (primary N) is 3. The minimum absolute atomic E-state index is 0. The molecule has 0 amide bonds. The van der Waals surface area contributed by atoms with E-state index in [0.29, 0.717) is 19.3 Å². The van der Waals surface area contributed by atoms with Crippen molar-refractivity contribution in [1.29, 1.82) is 0 Å². The third-order valence-corrected chi connectivity index (χ3v) is 3.56. The van der Waals surface area contributed by atoms with E-state index in [9.17, 15) is 14.4 Å². The van der Waals surface area contributed by atoms with Crippen molar-refractivity contribution < 1.29 is 65.3 Å². The van der Waals surface area contributed by atoms with Gasteiger partial charge in [-0.05, 0) is 19.3 Å². The Morgan fingerprint density at radius 1 is 0.607 bits per heavy atom. The molecular formula is C18H39LaN3O6. The molecule has 0 aliphatic rings. The van der Waals surface area contributed by atoms with Crippen LogP contribution in [0, 0.1) is 35.6 Å². The molecule has 165 valence electrons. The standard InChI is InChI=1S/3C6H13NO2.La/c3*1-2-3-4-5(7)6(8)9;/h3*5H,2-4,7H2,1H3,(H,8,9);. The van der Waals surface area contributed by atoms with Crippen molar-refractivity contribution >= 4 is 17.9 Å². The first-order valence-corrected chi connectivity index (χ1v) is 9.50. The molecule has 0 bridgehead atoms. The largest absolute Gasteiger partial charge is 0.480 e. The SMILES string of the molecule is CCCCC(N)C(=O)O.CCCCC(N)C(=O)O.CCCCC(N)C(=O)O.[La]. The van der Waals surface area contributed by atoms with Crippen LogP contribution in [0.4, 0.5) is 0 Å². The molecule has 0 spiro atoms. The Bertz CT molecular complexity index is 342. The van der Waals surface area contributed by atoms with Crippen LogP contribution in [0.2, 0.25) is 0 Å². The molecule has 3 unspecified atom stereocenters. The van der Waals surface area contributed by atoms with Crippen LogP contribution in [-0.2, 0) is 14.4 Å². The van der Waals surface area contributed by atoms with Crippen molar-refractivity contribution in [3.8, 4) is 0 Å². The summed E-state index contributed by atoms with van der Waals surface area (Å²) in [5, 5.41) is 24.9. The van der Waals surface area contributed by atoms with Crippen molar-refractivity contribution in [3.63, 3.8) is 0 Å². The number of carbonyl (C=O) groups is 3. The molecule has 10 heteroatoms. The Labute approximate surface area is 196 Å². The van der Waals surface area contributed by atoms with Crippen LogP contribution in [0.3, 0.4) is 0 Å². The van der Waals surface area contributed by atoms with Gasteiger partial charge in [0.1, 0.15) is 18.1 Å². The first-order chi connectivity index (χ1) is 12.5. The Morgan fingerprint density at radius 2 is 0.786 bits per heavy atom. The van der Waals surface area contributed by atoms with Crippen molar-refractivity contribution in [1.82, 2.24) is 0 Å². The minimum atomic E-state index is -0.900. The number of carboxylic acids is 3. The van der Waals surface area contributed by atoms with Gasteiger partial charge in [0.05, 0.1) is 0 Å². The van der Waals surface area contributed by atoms with E-state index in [0.717, 1.165) is 38.5 Å². The molecule has 0 fully saturated rings. The summed E-state index contributed by atoms with van der Waals surface area (Å²) < 4.78 is 0. The summed E-state index contributed by atoms with van der Waals surface area (Å²) in [4.78, 5) is 30.2. The normalized spacial score (nSPS) is 12.6. The van der Waals surface area contributed by atoms with Gasteiger partial charge in [-0.1, -0.05) is 59.3 Å². The van der Waals surface area contributed by atoms with Crippen LogP contribution in [0.25, 0.3) is 0 Å². The smallest absolute Gasteiger partial charge is 0.320 e. The Balaban J connectivity index is -0.000000152. The van der Waals surface area contributed by atoms with E-state index in [4.69, 9.17) is 32.5 Å². The Morgan fingerprint density at radius 3 is 0.893 bits per heavy atom. The second-order valence-electron chi connectivity index (χ2n) is 6.26. The maximum Gasteiger partial charge on any atom is 0.320 e. The van der Waals surface area contributed by atoms with Gasteiger partial charge in [0.2, 0.25) is 0 Å². The Kier molecular flexibility index (Phi) is 30.6. The first-order valence-electron chi connectivity index (χ1n) is 9.50. The third-order valence-electron chi connectivity index (χ3n) is 3.56. The number of carboxylic acid groups (broad SMARTS) is 3. The summed E-state index contributed by atoms with van der Waals surface area (Å²) in [6, 6.07) is -1.99. The third kappa shape index (κ3) is 27.7. The fourth-order valence-electron chi connectivity index (χ4n) is 1.64. The molecular weight excluding hydrogens is 493 g/mol. The Hall–Kier alpha value is -0.515. The molecule has 1 radical (unpaired) electrons. The molecule has 0 aromatic heterocycles. The maximum absolute atomic E-state index is 10.1. The predicted octanol–water partition coefficient (Wildman–Crippen LogP) is 1.77. The van der Waals surface area contributed by atoms with E-state index in [-0.39, 0.29) is 35.6 Å². The van der Waals surface area contributed by atoms with Crippen LogP contribution >= 0.6 is 0 Å². The molecule has 0 aromatic carbocycles. The van der Waals surface area contributed by atoms with Crippen molar-refractivity contribution in [3.05, 3.63) is 0 Å². The summed E-state index contributed by atoms with van der Waals surface area (Å²) >= 11 is 0. The summed E-state index contributed by atoms with van der Waals surface area (Å²) in [7, 11) is 0. The van der Waals surface area contributed by atoms with Crippen LogP contribution in [0.1, 0.15) is 78.6 Å². The fraction of sp³-hybridized carbons (Fsp3) is 0.833. The molecule has 9 N–H and O–H groups in total. The molecule has 0 aromatic rings. The van der Waals surface area contributed by atoms with Gasteiger partial charge in [0, 0.05) is 35.6 Å². The van der Waals surface area contributed by atoms with E-state index in [2.05, 4.69) is 0 Å². The topological polar surface area (TPSA) is 190 Å². The maximum atomic E-state index is 10.1. The zero-order valence-electron chi connectivity index (χ0n) is 17.5. The van der Waals surface area contributed by atoms with Crippen molar-refractivity contribution in [2.45, 2.75) is 96.7 Å². The minimum Gasteiger partial charge on any atom is -0.480 e. The van der Waals surface area contributed by atoms with E-state index in [1.54, 1.807) is 0 Å². The first kappa shape index (κ1) is 35.0. The zero-order chi connectivity index (χ0) is 21.8. The second-order valence-corrected chi connectivity index (χ2v) is 6.26. The second kappa shape index (κ2) is 24.5.